The van der Waals surface area contributed by atoms with E-state index in [4.69, 9.17) is 9.47 Å². The summed E-state index contributed by atoms with van der Waals surface area (Å²) in [5.74, 6) is -0.634. The standard InChI is InChI=1S/C24H20F4N2O3/c1-32-21-7-5-15(12-19(21)24(26,27)28)13-30-10-9-20-18(23(30)31)6-8-22(29-20)33-14-16-3-2-4-17(25)11-16/h2-8,11-12H,9-10,13-14H2,1H3. The van der Waals surface area contributed by atoms with E-state index in [1.54, 1.807) is 24.3 Å². The number of hydrogen-bond donors (Lipinski definition) is 0. The maximum Gasteiger partial charge on any atom is 0.419 e. The molecule has 3 aromatic rings. The van der Waals surface area contributed by atoms with Gasteiger partial charge in [0.05, 0.1) is 23.9 Å². The Morgan fingerprint density at radius 2 is 1.88 bits per heavy atom. The Morgan fingerprint density at radius 1 is 1.06 bits per heavy atom. The molecule has 1 aliphatic rings. The Balaban J connectivity index is 1.47. The number of nitrogens with zero attached hydrogens (tertiary/aromatic N) is 2. The van der Waals surface area contributed by atoms with Crippen LogP contribution in [0.1, 0.15) is 32.7 Å². The normalized spacial score (nSPS) is 13.6. The maximum atomic E-state index is 13.3. The van der Waals surface area contributed by atoms with Gasteiger partial charge in [-0.3, -0.25) is 4.79 Å². The molecule has 33 heavy (non-hydrogen) atoms. The van der Waals surface area contributed by atoms with Crippen LogP contribution in [0.3, 0.4) is 0 Å². The molecule has 1 aliphatic heterocycles. The van der Waals surface area contributed by atoms with Gasteiger partial charge in [-0.05, 0) is 41.5 Å². The number of pyridine rings is 1. The molecule has 5 nitrogen and oxygen atoms in total. The topological polar surface area (TPSA) is 51.7 Å². The van der Waals surface area contributed by atoms with Crippen LogP contribution >= 0.6 is 0 Å². The molecular weight excluding hydrogens is 440 g/mol. The third-order valence-corrected chi connectivity index (χ3v) is 5.30. The Bertz CT molecular complexity index is 1180. The average Bonchev–Trinajstić information content (AvgIpc) is 2.79. The monoisotopic (exact) mass is 460 g/mol. The van der Waals surface area contributed by atoms with Crippen LogP contribution in [-0.2, 0) is 25.7 Å². The maximum absolute atomic E-state index is 13.3. The number of hydrogen-bond acceptors (Lipinski definition) is 4. The number of carbonyl (C=O) groups excluding carboxylic acids is 1. The molecule has 2 aromatic carbocycles. The van der Waals surface area contributed by atoms with Crippen LogP contribution in [0.15, 0.2) is 54.6 Å². The van der Waals surface area contributed by atoms with Crippen molar-refractivity contribution in [1.82, 2.24) is 9.88 Å². The van der Waals surface area contributed by atoms with E-state index in [0.717, 1.165) is 6.07 Å². The zero-order valence-electron chi connectivity index (χ0n) is 17.7. The number of carbonyl (C=O) groups is 1. The van der Waals surface area contributed by atoms with Crippen molar-refractivity contribution in [2.75, 3.05) is 13.7 Å². The van der Waals surface area contributed by atoms with Gasteiger partial charge in [0.25, 0.3) is 5.91 Å². The van der Waals surface area contributed by atoms with Crippen LogP contribution in [0.5, 0.6) is 11.6 Å². The lowest BCUT2D eigenvalue weighted by Crippen LogP contribution is -2.37. The summed E-state index contributed by atoms with van der Waals surface area (Å²) >= 11 is 0. The first-order chi connectivity index (χ1) is 15.7. The third kappa shape index (κ3) is 5.08. The summed E-state index contributed by atoms with van der Waals surface area (Å²) in [6, 6.07) is 12.9. The summed E-state index contributed by atoms with van der Waals surface area (Å²) in [6.45, 7) is 0.464. The van der Waals surface area contributed by atoms with E-state index in [0.29, 0.717) is 41.2 Å². The van der Waals surface area contributed by atoms with E-state index in [9.17, 15) is 22.4 Å². The van der Waals surface area contributed by atoms with Crippen molar-refractivity contribution in [2.24, 2.45) is 0 Å². The molecule has 0 unspecified atom stereocenters. The lowest BCUT2D eigenvalue weighted by Gasteiger charge is -2.28. The number of rotatable bonds is 6. The van der Waals surface area contributed by atoms with Crippen molar-refractivity contribution in [1.29, 1.82) is 0 Å². The van der Waals surface area contributed by atoms with Crippen molar-refractivity contribution >= 4 is 5.91 Å². The van der Waals surface area contributed by atoms with Gasteiger partial charge < -0.3 is 14.4 Å². The molecule has 0 saturated heterocycles. The van der Waals surface area contributed by atoms with Crippen LogP contribution in [0.25, 0.3) is 0 Å². The lowest BCUT2D eigenvalue weighted by molar-refractivity contribution is -0.138. The molecule has 0 bridgehead atoms. The number of benzene rings is 2. The van der Waals surface area contributed by atoms with Crippen molar-refractivity contribution in [3.63, 3.8) is 0 Å². The van der Waals surface area contributed by atoms with Crippen LogP contribution < -0.4 is 9.47 Å². The van der Waals surface area contributed by atoms with Crippen molar-refractivity contribution in [3.8, 4) is 11.6 Å². The zero-order valence-corrected chi connectivity index (χ0v) is 17.7. The highest BCUT2D eigenvalue weighted by Gasteiger charge is 2.35. The Morgan fingerprint density at radius 3 is 2.61 bits per heavy atom. The van der Waals surface area contributed by atoms with Crippen molar-refractivity contribution in [2.45, 2.75) is 25.7 Å². The van der Waals surface area contributed by atoms with Gasteiger partial charge in [-0.15, -0.1) is 0 Å². The lowest BCUT2D eigenvalue weighted by atomic mass is 10.0. The summed E-state index contributed by atoms with van der Waals surface area (Å²) in [6.07, 6.45) is -4.13. The fourth-order valence-electron chi connectivity index (χ4n) is 3.69. The first-order valence-corrected chi connectivity index (χ1v) is 10.1. The average molecular weight is 460 g/mol. The van der Waals surface area contributed by atoms with Gasteiger partial charge in [0.1, 0.15) is 18.2 Å². The number of ether oxygens (including phenoxy) is 2. The van der Waals surface area contributed by atoms with E-state index in [-0.39, 0.29) is 30.6 Å². The highest BCUT2D eigenvalue weighted by molar-refractivity contribution is 5.96. The van der Waals surface area contributed by atoms with Crippen molar-refractivity contribution < 1.29 is 31.8 Å². The molecule has 0 N–H and O–H groups in total. The Labute approximate surface area is 187 Å². The molecule has 0 fully saturated rings. The minimum Gasteiger partial charge on any atom is -0.496 e. The van der Waals surface area contributed by atoms with Crippen LogP contribution in [0.4, 0.5) is 17.6 Å². The Kier molecular flexibility index (Phi) is 6.22. The summed E-state index contributed by atoms with van der Waals surface area (Å²) < 4.78 is 63.6. The molecule has 1 aromatic heterocycles. The largest absolute Gasteiger partial charge is 0.496 e. The van der Waals surface area contributed by atoms with E-state index < -0.39 is 11.7 Å². The minimum absolute atomic E-state index is 0.0309. The summed E-state index contributed by atoms with van der Waals surface area (Å²) in [7, 11) is 1.18. The van der Waals surface area contributed by atoms with Gasteiger partial charge in [0.15, 0.2) is 0 Å². The smallest absolute Gasteiger partial charge is 0.419 e. The molecule has 0 aliphatic carbocycles. The number of aromatic nitrogens is 1. The molecule has 9 heteroatoms. The van der Waals surface area contributed by atoms with E-state index in [1.807, 2.05) is 0 Å². The summed E-state index contributed by atoms with van der Waals surface area (Å²) in [5, 5.41) is 0. The van der Waals surface area contributed by atoms with E-state index in [1.165, 1.54) is 36.3 Å². The number of alkyl halides is 3. The molecule has 0 radical (unpaired) electrons. The fourth-order valence-corrected chi connectivity index (χ4v) is 3.69. The van der Waals surface area contributed by atoms with Gasteiger partial charge in [-0.25, -0.2) is 9.37 Å². The highest BCUT2D eigenvalue weighted by Crippen LogP contribution is 2.37. The number of halogens is 4. The van der Waals surface area contributed by atoms with Crippen LogP contribution in [-0.4, -0.2) is 29.4 Å². The second kappa shape index (κ2) is 9.09. The fraction of sp³-hybridized carbons (Fsp3) is 0.250. The van der Waals surface area contributed by atoms with Crippen LogP contribution in [0, 0.1) is 5.82 Å². The molecular formula is C24H20F4N2O3. The second-order valence-electron chi connectivity index (χ2n) is 7.57. The molecule has 172 valence electrons. The first kappa shape index (κ1) is 22.6. The number of methoxy groups -OCH3 is 1. The Hall–Kier alpha value is -3.62. The van der Waals surface area contributed by atoms with Gasteiger partial charge in [0, 0.05) is 25.6 Å². The van der Waals surface area contributed by atoms with Gasteiger partial charge in [-0.2, -0.15) is 13.2 Å². The zero-order chi connectivity index (χ0) is 23.6. The quantitative estimate of drug-likeness (QED) is 0.485. The van der Waals surface area contributed by atoms with Crippen LogP contribution in [0.2, 0.25) is 0 Å². The second-order valence-corrected chi connectivity index (χ2v) is 7.57. The first-order valence-electron chi connectivity index (χ1n) is 10.1. The van der Waals surface area contributed by atoms with Crippen molar-refractivity contribution in [3.05, 3.63) is 88.4 Å². The van der Waals surface area contributed by atoms with Gasteiger partial charge >= 0.3 is 6.18 Å². The van der Waals surface area contributed by atoms with E-state index >= 15 is 0 Å². The molecule has 1 amide bonds. The SMILES string of the molecule is COc1ccc(CN2CCc3nc(OCc4cccc(F)c4)ccc3C2=O)cc1C(F)(F)F. The molecule has 0 spiro atoms. The van der Waals surface area contributed by atoms with E-state index in [2.05, 4.69) is 4.98 Å². The van der Waals surface area contributed by atoms with Gasteiger partial charge in [-0.1, -0.05) is 18.2 Å². The number of fused-ring (bicyclic) bond motifs is 1. The predicted octanol–water partition coefficient (Wildman–Crippen LogP) is 5.03. The third-order valence-electron chi connectivity index (χ3n) is 5.30. The predicted molar refractivity (Wildman–Crippen MR) is 111 cm³/mol. The summed E-state index contributed by atoms with van der Waals surface area (Å²) in [4.78, 5) is 18.8. The minimum atomic E-state index is -4.56. The molecule has 4 rings (SSSR count). The summed E-state index contributed by atoms with van der Waals surface area (Å²) in [5.41, 5.74) is 1.05. The van der Waals surface area contributed by atoms with Gasteiger partial charge in [0.2, 0.25) is 5.88 Å². The molecule has 2 heterocycles. The molecule has 0 saturated carbocycles. The number of amides is 1. The molecule has 0 atom stereocenters. The highest BCUT2D eigenvalue weighted by atomic mass is 19.4.